The third kappa shape index (κ3) is 3.01. The lowest BCUT2D eigenvalue weighted by Gasteiger charge is -2.09. The molecule has 1 aromatic heterocycles. The molecule has 6 heteroatoms. The Kier molecular flexibility index (Phi) is 4.60. The molecule has 0 amide bonds. The molecule has 2 rings (SSSR count). The van der Waals surface area contributed by atoms with Crippen molar-refractivity contribution in [2.24, 2.45) is 0 Å². The van der Waals surface area contributed by atoms with Gasteiger partial charge in [0.15, 0.2) is 0 Å². The van der Waals surface area contributed by atoms with Crippen LogP contribution < -0.4 is 5.56 Å². The second-order valence-electron chi connectivity index (χ2n) is 3.94. The molecule has 1 heterocycles. The molecule has 0 radical (unpaired) electrons. The van der Waals surface area contributed by atoms with E-state index in [0.717, 1.165) is 6.54 Å². The van der Waals surface area contributed by atoms with Gasteiger partial charge in [0.25, 0.3) is 5.56 Å². The molecule has 5 nitrogen and oxygen atoms in total. The van der Waals surface area contributed by atoms with Gasteiger partial charge in [0, 0.05) is 6.54 Å². The second kappa shape index (κ2) is 5.75. The average molecular weight is 255 g/mol. The van der Waals surface area contributed by atoms with Crippen LogP contribution in [0.5, 0.6) is 0 Å². The number of fused-ring (bicyclic) bond motifs is 1. The monoisotopic (exact) mass is 254 g/mol. The van der Waals surface area contributed by atoms with E-state index in [9.17, 15) is 4.79 Å². The van der Waals surface area contributed by atoms with Crippen molar-refractivity contribution in [3.63, 3.8) is 0 Å². The Morgan fingerprint density at radius 3 is 2.71 bits per heavy atom. The molecule has 1 aromatic carbocycles. The predicted molar refractivity (Wildman–Crippen MR) is 69.6 cm³/mol. The van der Waals surface area contributed by atoms with E-state index in [1.54, 1.807) is 12.1 Å². The number of likely N-dealkylation sites (N-methyl/N-ethyl adjacent to an activating group) is 1. The SMILES string of the molecule is CN(C)CCn1nnc2ccccc2c1=O.Cl. The highest BCUT2D eigenvalue weighted by Crippen LogP contribution is 2.02. The van der Waals surface area contributed by atoms with Crippen molar-refractivity contribution in [1.29, 1.82) is 0 Å². The maximum atomic E-state index is 12.0. The molecule has 0 N–H and O–H groups in total. The van der Waals surface area contributed by atoms with Crippen LogP contribution in [0.4, 0.5) is 0 Å². The van der Waals surface area contributed by atoms with Crippen molar-refractivity contribution < 1.29 is 0 Å². The first-order valence-electron chi connectivity index (χ1n) is 5.16. The smallest absolute Gasteiger partial charge is 0.277 e. The summed E-state index contributed by atoms with van der Waals surface area (Å²) in [5.41, 5.74) is 0.570. The molecule has 0 saturated heterocycles. The maximum absolute atomic E-state index is 12.0. The molecule has 17 heavy (non-hydrogen) atoms. The van der Waals surface area contributed by atoms with Gasteiger partial charge in [-0.3, -0.25) is 4.79 Å². The number of nitrogens with zero attached hydrogens (tertiary/aromatic N) is 4. The Balaban J connectivity index is 0.00000144. The van der Waals surface area contributed by atoms with Gasteiger partial charge in [-0.1, -0.05) is 17.3 Å². The summed E-state index contributed by atoms with van der Waals surface area (Å²) in [6, 6.07) is 7.25. The Morgan fingerprint density at radius 2 is 2.00 bits per heavy atom. The normalized spacial score (nSPS) is 10.5. The topological polar surface area (TPSA) is 51.0 Å². The first kappa shape index (κ1) is 13.6. The number of hydrogen-bond acceptors (Lipinski definition) is 4. The van der Waals surface area contributed by atoms with E-state index in [0.29, 0.717) is 17.4 Å². The van der Waals surface area contributed by atoms with Crippen molar-refractivity contribution in [1.82, 2.24) is 19.9 Å². The van der Waals surface area contributed by atoms with Gasteiger partial charge in [0.2, 0.25) is 0 Å². The van der Waals surface area contributed by atoms with Gasteiger partial charge in [-0.2, -0.15) is 0 Å². The third-order valence-corrected chi connectivity index (χ3v) is 2.39. The zero-order valence-electron chi connectivity index (χ0n) is 9.83. The molecule has 0 atom stereocenters. The van der Waals surface area contributed by atoms with E-state index < -0.39 is 0 Å². The highest BCUT2D eigenvalue weighted by Gasteiger charge is 2.04. The lowest BCUT2D eigenvalue weighted by Crippen LogP contribution is -2.29. The van der Waals surface area contributed by atoms with Crippen LogP contribution in [-0.4, -0.2) is 40.5 Å². The molecule has 2 aromatic rings. The number of halogens is 1. The van der Waals surface area contributed by atoms with Gasteiger partial charge in [0.05, 0.1) is 11.9 Å². The predicted octanol–water partition coefficient (Wildman–Crippen LogP) is 0.775. The molecule has 0 aliphatic carbocycles. The van der Waals surface area contributed by atoms with Crippen LogP contribution in [0.15, 0.2) is 29.1 Å². The van der Waals surface area contributed by atoms with Gasteiger partial charge in [-0.25, -0.2) is 4.68 Å². The fourth-order valence-corrected chi connectivity index (χ4v) is 1.46. The van der Waals surface area contributed by atoms with Crippen LogP contribution in [0.2, 0.25) is 0 Å². The quantitative estimate of drug-likeness (QED) is 0.812. The highest BCUT2D eigenvalue weighted by atomic mass is 35.5. The van der Waals surface area contributed by atoms with Gasteiger partial charge in [-0.05, 0) is 26.2 Å². The lowest BCUT2D eigenvalue weighted by atomic mass is 10.2. The molecular formula is C11H15ClN4O. The lowest BCUT2D eigenvalue weighted by molar-refractivity contribution is 0.363. The fourth-order valence-electron chi connectivity index (χ4n) is 1.46. The van der Waals surface area contributed by atoms with Crippen LogP contribution in [-0.2, 0) is 6.54 Å². The number of benzene rings is 1. The summed E-state index contributed by atoms with van der Waals surface area (Å²) < 4.78 is 1.41. The highest BCUT2D eigenvalue weighted by molar-refractivity contribution is 5.85. The van der Waals surface area contributed by atoms with E-state index in [4.69, 9.17) is 0 Å². The Labute approximate surface area is 105 Å². The van der Waals surface area contributed by atoms with Crippen molar-refractivity contribution in [2.75, 3.05) is 20.6 Å². The zero-order valence-corrected chi connectivity index (χ0v) is 10.6. The fraction of sp³-hybridized carbons (Fsp3) is 0.364. The largest absolute Gasteiger partial charge is 0.308 e. The Morgan fingerprint density at radius 1 is 1.29 bits per heavy atom. The summed E-state index contributed by atoms with van der Waals surface area (Å²) in [6.45, 7) is 1.33. The Hall–Kier alpha value is -1.46. The van der Waals surface area contributed by atoms with Crippen LogP contribution in [0.25, 0.3) is 10.9 Å². The minimum absolute atomic E-state index is 0. The molecule has 0 bridgehead atoms. The summed E-state index contributed by atoms with van der Waals surface area (Å²) in [5.74, 6) is 0. The van der Waals surface area contributed by atoms with Crippen LogP contribution in [0, 0.1) is 0 Å². The second-order valence-corrected chi connectivity index (χ2v) is 3.94. The third-order valence-electron chi connectivity index (χ3n) is 2.39. The molecule has 0 fully saturated rings. The van der Waals surface area contributed by atoms with Crippen LogP contribution >= 0.6 is 12.4 Å². The minimum atomic E-state index is -0.0764. The standard InChI is InChI=1S/C11H14N4O.ClH/c1-14(2)7-8-15-11(16)9-5-3-4-6-10(9)12-13-15;/h3-6H,7-8H2,1-2H3;1H. The van der Waals surface area contributed by atoms with E-state index >= 15 is 0 Å². The summed E-state index contributed by atoms with van der Waals surface area (Å²) in [7, 11) is 3.92. The number of rotatable bonds is 3. The minimum Gasteiger partial charge on any atom is -0.308 e. The van der Waals surface area contributed by atoms with E-state index in [1.807, 2.05) is 31.1 Å². The van der Waals surface area contributed by atoms with Gasteiger partial charge in [-0.15, -0.1) is 17.5 Å². The van der Waals surface area contributed by atoms with E-state index in [2.05, 4.69) is 10.3 Å². The first-order chi connectivity index (χ1) is 7.68. The van der Waals surface area contributed by atoms with Crippen molar-refractivity contribution in [3.8, 4) is 0 Å². The van der Waals surface area contributed by atoms with Gasteiger partial charge >= 0.3 is 0 Å². The number of aromatic nitrogens is 3. The van der Waals surface area contributed by atoms with Crippen molar-refractivity contribution in [3.05, 3.63) is 34.6 Å². The molecule has 0 unspecified atom stereocenters. The van der Waals surface area contributed by atoms with Gasteiger partial charge < -0.3 is 4.90 Å². The molecule has 0 spiro atoms. The number of hydrogen-bond donors (Lipinski definition) is 0. The average Bonchev–Trinajstić information content (AvgIpc) is 2.28. The summed E-state index contributed by atoms with van der Waals surface area (Å²) in [6.07, 6.45) is 0. The van der Waals surface area contributed by atoms with Gasteiger partial charge in [0.1, 0.15) is 5.52 Å². The molecule has 0 saturated carbocycles. The Bertz CT molecular complexity index is 552. The summed E-state index contributed by atoms with van der Waals surface area (Å²) >= 11 is 0. The van der Waals surface area contributed by atoms with Crippen molar-refractivity contribution >= 4 is 23.3 Å². The molecular weight excluding hydrogens is 240 g/mol. The summed E-state index contributed by atoms with van der Waals surface area (Å²) in [4.78, 5) is 14.0. The summed E-state index contributed by atoms with van der Waals surface area (Å²) in [5, 5.41) is 8.54. The first-order valence-corrected chi connectivity index (χ1v) is 5.16. The van der Waals surface area contributed by atoms with Crippen LogP contribution in [0.3, 0.4) is 0 Å². The zero-order chi connectivity index (χ0) is 11.5. The molecule has 0 aliphatic heterocycles. The van der Waals surface area contributed by atoms with Crippen LogP contribution in [0.1, 0.15) is 0 Å². The van der Waals surface area contributed by atoms with Crippen molar-refractivity contribution in [2.45, 2.75) is 6.54 Å². The maximum Gasteiger partial charge on any atom is 0.277 e. The molecule has 0 aliphatic rings. The molecule has 92 valence electrons. The van der Waals surface area contributed by atoms with E-state index in [1.165, 1.54) is 4.68 Å². The van der Waals surface area contributed by atoms with E-state index in [-0.39, 0.29) is 18.0 Å².